The molecular weight excluding hydrogens is 502 g/mol. The summed E-state index contributed by atoms with van der Waals surface area (Å²) in [7, 11) is 1.87. The van der Waals surface area contributed by atoms with Gasteiger partial charge in [0, 0.05) is 43.2 Å². The fourth-order valence-electron chi connectivity index (χ4n) is 7.09. The van der Waals surface area contributed by atoms with E-state index in [1.807, 2.05) is 30.1 Å². The van der Waals surface area contributed by atoms with Gasteiger partial charge >= 0.3 is 0 Å². The minimum atomic E-state index is -0.442. The molecule has 6 rings (SSSR count). The Kier molecular flexibility index (Phi) is 7.13. The van der Waals surface area contributed by atoms with Crippen LogP contribution in [0.1, 0.15) is 60.0 Å². The van der Waals surface area contributed by atoms with Crippen LogP contribution >= 0.6 is 0 Å². The molecule has 3 aromatic carbocycles. The van der Waals surface area contributed by atoms with Crippen molar-refractivity contribution in [2.24, 2.45) is 11.8 Å². The van der Waals surface area contributed by atoms with Gasteiger partial charge in [0.1, 0.15) is 18.1 Å². The van der Waals surface area contributed by atoms with Crippen molar-refractivity contribution in [1.29, 1.82) is 0 Å². The molecule has 1 aliphatic carbocycles. The lowest BCUT2D eigenvalue weighted by Crippen LogP contribution is -2.41. The average molecular weight is 538 g/mol. The van der Waals surface area contributed by atoms with E-state index in [1.54, 1.807) is 0 Å². The van der Waals surface area contributed by atoms with E-state index in [0.717, 1.165) is 78.8 Å². The van der Waals surface area contributed by atoms with Gasteiger partial charge in [-0.3, -0.25) is 4.79 Å². The number of aldehydes is 3. The van der Waals surface area contributed by atoms with E-state index in [0.29, 0.717) is 42.2 Å². The second-order valence-corrected chi connectivity index (χ2v) is 11.3. The average Bonchev–Trinajstić information content (AvgIpc) is 3.53. The smallest absolute Gasteiger partial charge is 0.298 e. The van der Waals surface area contributed by atoms with Gasteiger partial charge in [-0.15, -0.1) is 0 Å². The molecule has 4 aromatic rings. The van der Waals surface area contributed by atoms with Gasteiger partial charge in [0.15, 0.2) is 11.9 Å². The lowest BCUT2D eigenvalue weighted by Gasteiger charge is -2.38. The quantitative estimate of drug-likeness (QED) is 0.231. The van der Waals surface area contributed by atoms with Crippen molar-refractivity contribution in [3.63, 3.8) is 0 Å². The highest BCUT2D eigenvalue weighted by atomic mass is 16.4. The van der Waals surface area contributed by atoms with Crippen molar-refractivity contribution < 1.29 is 18.8 Å². The number of aryl methyl sites for hydroxylation is 1. The number of likely N-dealkylation sites (N-methyl/N-ethyl adjacent to an activating group) is 1. The third kappa shape index (κ3) is 4.47. The zero-order chi connectivity index (χ0) is 27.8. The van der Waals surface area contributed by atoms with Crippen LogP contribution in [-0.4, -0.2) is 50.0 Å². The predicted octanol–water partition coefficient (Wildman–Crippen LogP) is 5.97. The molecule has 0 radical (unpaired) electrons. The number of rotatable bonds is 10. The van der Waals surface area contributed by atoms with Crippen molar-refractivity contribution in [3.8, 4) is 0 Å². The van der Waals surface area contributed by atoms with Gasteiger partial charge in [-0.2, -0.15) is 4.98 Å². The maximum Gasteiger partial charge on any atom is 0.298 e. The highest BCUT2D eigenvalue weighted by Gasteiger charge is 2.44. The molecule has 3 atom stereocenters. The van der Waals surface area contributed by atoms with Crippen molar-refractivity contribution >= 4 is 52.4 Å². The normalized spacial score (nSPS) is 21.1. The maximum absolute atomic E-state index is 12.2. The summed E-state index contributed by atoms with van der Waals surface area (Å²) in [5.41, 5.74) is 5.72. The van der Waals surface area contributed by atoms with Crippen LogP contribution in [-0.2, 0) is 16.0 Å². The molecule has 0 N–H and O–H groups in total. The van der Waals surface area contributed by atoms with Gasteiger partial charge in [0.2, 0.25) is 0 Å². The third-order valence-corrected chi connectivity index (χ3v) is 9.14. The van der Waals surface area contributed by atoms with E-state index in [9.17, 15) is 14.4 Å². The molecule has 7 nitrogen and oxygen atoms in total. The Morgan fingerprint density at radius 2 is 1.88 bits per heavy atom. The molecule has 0 spiro atoms. The molecule has 40 heavy (non-hydrogen) atoms. The van der Waals surface area contributed by atoms with Crippen LogP contribution in [0.4, 0.5) is 11.7 Å². The van der Waals surface area contributed by atoms with E-state index >= 15 is 0 Å². The first-order valence-corrected chi connectivity index (χ1v) is 14.3. The highest BCUT2D eigenvalue weighted by Crippen LogP contribution is 2.51. The number of fused-ring (bicyclic) bond motifs is 4. The molecule has 1 aromatic heterocycles. The van der Waals surface area contributed by atoms with E-state index in [-0.39, 0.29) is 0 Å². The van der Waals surface area contributed by atoms with Gasteiger partial charge in [-0.25, -0.2) is 0 Å². The van der Waals surface area contributed by atoms with E-state index in [1.165, 1.54) is 11.1 Å². The summed E-state index contributed by atoms with van der Waals surface area (Å²) in [6.45, 7) is 3.90. The minimum absolute atomic E-state index is 0.312. The van der Waals surface area contributed by atoms with Crippen LogP contribution in [0.5, 0.6) is 0 Å². The van der Waals surface area contributed by atoms with Gasteiger partial charge in [-0.05, 0) is 78.1 Å². The summed E-state index contributed by atoms with van der Waals surface area (Å²) in [6.07, 6.45) is 6.63. The molecule has 2 heterocycles. The second-order valence-electron chi connectivity index (χ2n) is 11.3. The molecule has 2 aliphatic rings. The first-order valence-electron chi connectivity index (χ1n) is 14.3. The highest BCUT2D eigenvalue weighted by molar-refractivity contribution is 6.07. The zero-order valence-corrected chi connectivity index (χ0v) is 23.1. The van der Waals surface area contributed by atoms with Crippen LogP contribution in [0.3, 0.4) is 0 Å². The molecule has 3 unspecified atom stereocenters. The summed E-state index contributed by atoms with van der Waals surface area (Å²) < 4.78 is 6.20. The zero-order valence-electron chi connectivity index (χ0n) is 23.1. The third-order valence-electron chi connectivity index (χ3n) is 9.14. The topological polar surface area (TPSA) is 83.7 Å². The van der Waals surface area contributed by atoms with Crippen molar-refractivity contribution in [1.82, 2.24) is 4.98 Å². The summed E-state index contributed by atoms with van der Waals surface area (Å²) in [4.78, 5) is 44.2. The van der Waals surface area contributed by atoms with Crippen molar-refractivity contribution in [2.45, 2.75) is 51.0 Å². The number of anilines is 2. The molecule has 2 fully saturated rings. The Labute approximate surface area is 234 Å². The standard InChI is InChI=1S/C33H35N3O4/c1-3-21-9-14-30-28(16-21)34-33(40-30)36-17-22-10-11-23(18-36)31(22)27-12-13-29(35(2)25(20-39)7-5-15-37)32-24(19-38)6-4-8-26(27)32/h4,6,8-9,12-16,19-20,22-23,25,31H,3,5,7,10-11,17-18H2,1-2H3. The van der Waals surface area contributed by atoms with Gasteiger partial charge in [0.05, 0.1) is 6.04 Å². The van der Waals surface area contributed by atoms with Crippen molar-refractivity contribution in [2.75, 3.05) is 29.9 Å². The van der Waals surface area contributed by atoms with E-state index in [2.05, 4.69) is 42.2 Å². The number of hydrogen-bond acceptors (Lipinski definition) is 7. The van der Waals surface area contributed by atoms with Crippen molar-refractivity contribution in [3.05, 3.63) is 65.2 Å². The number of carbonyl (C=O) groups excluding carboxylic acids is 3. The fraction of sp³-hybridized carbons (Fsp3) is 0.394. The minimum Gasteiger partial charge on any atom is -0.423 e. The van der Waals surface area contributed by atoms with Crippen LogP contribution in [0.2, 0.25) is 0 Å². The monoisotopic (exact) mass is 537 g/mol. The van der Waals surface area contributed by atoms with Crippen LogP contribution in [0, 0.1) is 11.8 Å². The Hall–Kier alpha value is -4.00. The lowest BCUT2D eigenvalue weighted by molar-refractivity contribution is -0.109. The Balaban J connectivity index is 1.34. The van der Waals surface area contributed by atoms with Gasteiger partial charge in [0.25, 0.3) is 6.01 Å². The number of aromatic nitrogens is 1. The molecule has 2 bridgehead atoms. The first-order chi connectivity index (χ1) is 19.6. The predicted molar refractivity (Wildman–Crippen MR) is 157 cm³/mol. The summed E-state index contributed by atoms with van der Waals surface area (Å²) in [5, 5.41) is 1.95. The van der Waals surface area contributed by atoms with Gasteiger partial charge in [-0.1, -0.05) is 37.3 Å². The van der Waals surface area contributed by atoms with Crippen LogP contribution in [0.15, 0.2) is 52.9 Å². The van der Waals surface area contributed by atoms with Crippen LogP contribution in [0.25, 0.3) is 21.9 Å². The summed E-state index contributed by atoms with van der Waals surface area (Å²) in [6, 6.07) is 16.7. The largest absolute Gasteiger partial charge is 0.423 e. The van der Waals surface area contributed by atoms with E-state index in [4.69, 9.17) is 9.40 Å². The SMILES string of the molecule is CCc1ccc2oc(N3CC4CCC(C3)C4c3ccc(N(C)C(C=O)CCC=O)c4c(C=O)cccc34)nc2c1. The number of hydrogen-bond donors (Lipinski definition) is 0. The fourth-order valence-corrected chi connectivity index (χ4v) is 7.09. The maximum atomic E-state index is 12.2. The molecule has 206 valence electrons. The molecular formula is C33H35N3O4. The molecule has 1 saturated heterocycles. The Morgan fingerprint density at radius 3 is 2.58 bits per heavy atom. The number of carbonyl (C=O) groups is 3. The molecule has 1 saturated carbocycles. The number of oxazole rings is 1. The summed E-state index contributed by atoms with van der Waals surface area (Å²) in [5.74, 6) is 1.26. The van der Waals surface area contributed by atoms with Gasteiger partial charge < -0.3 is 23.8 Å². The molecule has 1 aliphatic heterocycles. The first kappa shape index (κ1) is 26.2. The summed E-state index contributed by atoms with van der Waals surface area (Å²) >= 11 is 0. The Morgan fingerprint density at radius 1 is 1.07 bits per heavy atom. The number of piperidine rings is 1. The molecule has 0 amide bonds. The Bertz CT molecular complexity index is 1560. The second kappa shape index (κ2) is 10.9. The lowest BCUT2D eigenvalue weighted by atomic mass is 9.77. The molecule has 7 heteroatoms. The number of benzene rings is 3. The van der Waals surface area contributed by atoms with Crippen LogP contribution < -0.4 is 9.80 Å². The number of nitrogens with zero attached hydrogens (tertiary/aromatic N) is 3. The van der Waals surface area contributed by atoms with E-state index < -0.39 is 6.04 Å².